The zero-order chi connectivity index (χ0) is 10.1. The maximum absolute atomic E-state index is 5.88. The number of likely N-dealkylation sites (tertiary alicyclic amines) is 1. The Morgan fingerprint density at radius 2 is 2.14 bits per heavy atom. The first-order valence-corrected chi connectivity index (χ1v) is 6.00. The van der Waals surface area contributed by atoms with Crippen molar-refractivity contribution in [2.24, 2.45) is 11.8 Å². The maximum Gasteiger partial charge on any atom is 0.0630 e. The first-order chi connectivity index (χ1) is 6.68. The number of fused-ring (bicyclic) bond motifs is 1. The Labute approximate surface area is 87.6 Å². The van der Waals surface area contributed by atoms with Crippen LogP contribution >= 0.6 is 0 Å². The topological polar surface area (TPSA) is 12.5 Å². The van der Waals surface area contributed by atoms with Crippen LogP contribution in [0.2, 0.25) is 0 Å². The van der Waals surface area contributed by atoms with E-state index in [0.29, 0.717) is 6.10 Å². The third kappa shape index (κ3) is 1.96. The van der Waals surface area contributed by atoms with E-state index in [1.807, 2.05) is 0 Å². The van der Waals surface area contributed by atoms with E-state index < -0.39 is 0 Å². The summed E-state index contributed by atoms with van der Waals surface area (Å²) in [5.74, 6) is 1.57. The molecule has 82 valence electrons. The summed E-state index contributed by atoms with van der Waals surface area (Å²) in [6.07, 6.45) is 4.45. The Kier molecular flexibility index (Phi) is 3.13. The Morgan fingerprint density at radius 3 is 2.86 bits per heavy atom. The van der Waals surface area contributed by atoms with Gasteiger partial charge in [0.05, 0.1) is 6.10 Å². The summed E-state index contributed by atoms with van der Waals surface area (Å²) in [6, 6.07) is 0.731. The van der Waals surface area contributed by atoms with Crippen molar-refractivity contribution in [1.29, 1.82) is 0 Å². The van der Waals surface area contributed by atoms with Crippen molar-refractivity contribution in [3.05, 3.63) is 0 Å². The van der Waals surface area contributed by atoms with Crippen molar-refractivity contribution in [3.63, 3.8) is 0 Å². The van der Waals surface area contributed by atoms with Crippen LogP contribution in [0.3, 0.4) is 0 Å². The molecule has 3 unspecified atom stereocenters. The lowest BCUT2D eigenvalue weighted by atomic mass is 9.82. The summed E-state index contributed by atoms with van der Waals surface area (Å²) in [7, 11) is 2.27. The lowest BCUT2D eigenvalue weighted by Gasteiger charge is -2.45. The number of hydrogen-bond acceptors (Lipinski definition) is 2. The molecule has 2 aliphatic rings. The minimum atomic E-state index is 0.562. The van der Waals surface area contributed by atoms with Crippen LogP contribution in [0, 0.1) is 11.8 Å². The second-order valence-electron chi connectivity index (χ2n) is 5.30. The van der Waals surface area contributed by atoms with Crippen LogP contribution in [-0.2, 0) is 4.74 Å². The van der Waals surface area contributed by atoms with Gasteiger partial charge in [0.15, 0.2) is 0 Å². The number of rotatable bonds is 1. The highest BCUT2D eigenvalue weighted by Gasteiger charge is 2.36. The molecule has 0 N–H and O–H groups in total. The van der Waals surface area contributed by atoms with Gasteiger partial charge in [-0.15, -0.1) is 0 Å². The maximum atomic E-state index is 5.88. The molecular weight excluding hydrogens is 174 g/mol. The quantitative estimate of drug-likeness (QED) is 0.638. The van der Waals surface area contributed by atoms with Gasteiger partial charge in [0, 0.05) is 19.2 Å². The fraction of sp³-hybridized carbons (Fsp3) is 1.00. The SMILES string of the molecule is CC(C)C1CC2OCCCC2CN1C. The summed E-state index contributed by atoms with van der Waals surface area (Å²) < 4.78 is 5.88. The molecule has 0 spiro atoms. The Bertz CT molecular complexity index is 193. The number of piperidine rings is 1. The van der Waals surface area contributed by atoms with Crippen molar-refractivity contribution < 1.29 is 4.74 Å². The van der Waals surface area contributed by atoms with Gasteiger partial charge in [-0.2, -0.15) is 0 Å². The second-order valence-corrected chi connectivity index (χ2v) is 5.30. The molecule has 0 aromatic carbocycles. The van der Waals surface area contributed by atoms with Gasteiger partial charge >= 0.3 is 0 Å². The van der Waals surface area contributed by atoms with Gasteiger partial charge in [-0.25, -0.2) is 0 Å². The van der Waals surface area contributed by atoms with E-state index in [0.717, 1.165) is 24.5 Å². The first-order valence-electron chi connectivity index (χ1n) is 6.00. The standard InChI is InChI=1S/C12H23NO/c1-9(2)11-7-12-10(8-13(11)3)5-4-6-14-12/h9-12H,4-8H2,1-3H3. The van der Waals surface area contributed by atoms with Crippen LogP contribution in [0.25, 0.3) is 0 Å². The molecule has 2 heteroatoms. The zero-order valence-corrected chi connectivity index (χ0v) is 9.70. The van der Waals surface area contributed by atoms with E-state index >= 15 is 0 Å². The van der Waals surface area contributed by atoms with E-state index in [9.17, 15) is 0 Å². The average molecular weight is 197 g/mol. The lowest BCUT2D eigenvalue weighted by Crippen LogP contribution is -2.51. The van der Waals surface area contributed by atoms with Gasteiger partial charge in [-0.1, -0.05) is 13.8 Å². The molecule has 0 aromatic rings. The van der Waals surface area contributed by atoms with Crippen LogP contribution in [0.5, 0.6) is 0 Å². The number of ether oxygens (including phenoxy) is 1. The van der Waals surface area contributed by atoms with E-state index in [1.54, 1.807) is 0 Å². The molecule has 14 heavy (non-hydrogen) atoms. The molecule has 0 saturated carbocycles. The van der Waals surface area contributed by atoms with Crippen molar-refractivity contribution >= 4 is 0 Å². The van der Waals surface area contributed by atoms with Crippen LogP contribution < -0.4 is 0 Å². The summed E-state index contributed by atoms with van der Waals surface area (Å²) in [4.78, 5) is 2.54. The van der Waals surface area contributed by atoms with Gasteiger partial charge in [-0.3, -0.25) is 0 Å². The molecule has 2 heterocycles. The normalized spacial score (nSPS) is 39.9. The largest absolute Gasteiger partial charge is 0.378 e. The highest BCUT2D eigenvalue weighted by atomic mass is 16.5. The predicted molar refractivity (Wildman–Crippen MR) is 58.3 cm³/mol. The Morgan fingerprint density at radius 1 is 1.36 bits per heavy atom. The molecule has 2 saturated heterocycles. The van der Waals surface area contributed by atoms with E-state index in [2.05, 4.69) is 25.8 Å². The summed E-state index contributed by atoms with van der Waals surface area (Å²) >= 11 is 0. The summed E-state index contributed by atoms with van der Waals surface area (Å²) in [6.45, 7) is 6.89. The zero-order valence-electron chi connectivity index (χ0n) is 9.70. The van der Waals surface area contributed by atoms with Gasteiger partial charge in [0.25, 0.3) is 0 Å². The molecule has 0 bridgehead atoms. The first kappa shape index (κ1) is 10.4. The van der Waals surface area contributed by atoms with Crippen LogP contribution in [-0.4, -0.2) is 37.2 Å². The van der Waals surface area contributed by atoms with Gasteiger partial charge in [0.2, 0.25) is 0 Å². The molecule has 2 rings (SSSR count). The minimum Gasteiger partial charge on any atom is -0.378 e. The van der Waals surface area contributed by atoms with Gasteiger partial charge in [0.1, 0.15) is 0 Å². The molecule has 2 aliphatic heterocycles. The molecule has 2 fully saturated rings. The van der Waals surface area contributed by atoms with Crippen LogP contribution in [0.1, 0.15) is 33.1 Å². The van der Waals surface area contributed by atoms with Crippen LogP contribution in [0.15, 0.2) is 0 Å². The molecule has 0 aromatic heterocycles. The predicted octanol–water partition coefficient (Wildman–Crippen LogP) is 2.14. The van der Waals surface area contributed by atoms with Crippen molar-refractivity contribution in [2.75, 3.05) is 20.2 Å². The highest BCUT2D eigenvalue weighted by Crippen LogP contribution is 2.32. The monoisotopic (exact) mass is 197 g/mol. The summed E-state index contributed by atoms with van der Waals surface area (Å²) in [5.41, 5.74) is 0. The summed E-state index contributed by atoms with van der Waals surface area (Å²) in [5, 5.41) is 0. The van der Waals surface area contributed by atoms with Gasteiger partial charge in [-0.05, 0) is 38.1 Å². The van der Waals surface area contributed by atoms with Crippen molar-refractivity contribution in [2.45, 2.75) is 45.3 Å². The van der Waals surface area contributed by atoms with Crippen molar-refractivity contribution in [3.8, 4) is 0 Å². The lowest BCUT2D eigenvalue weighted by molar-refractivity contribution is -0.0855. The number of nitrogens with zero attached hydrogens (tertiary/aromatic N) is 1. The molecule has 2 nitrogen and oxygen atoms in total. The molecule has 0 aliphatic carbocycles. The van der Waals surface area contributed by atoms with E-state index in [4.69, 9.17) is 4.74 Å². The Hall–Kier alpha value is -0.0800. The smallest absolute Gasteiger partial charge is 0.0630 e. The molecular formula is C12H23NO. The van der Waals surface area contributed by atoms with Gasteiger partial charge < -0.3 is 9.64 Å². The average Bonchev–Trinajstić information content (AvgIpc) is 2.16. The second kappa shape index (κ2) is 4.19. The molecule has 0 amide bonds. The van der Waals surface area contributed by atoms with E-state index in [-0.39, 0.29) is 0 Å². The fourth-order valence-corrected chi connectivity index (χ4v) is 3.08. The minimum absolute atomic E-state index is 0.562. The van der Waals surface area contributed by atoms with E-state index in [1.165, 1.54) is 25.8 Å². The molecule has 0 radical (unpaired) electrons. The highest BCUT2D eigenvalue weighted by molar-refractivity contribution is 4.89. The molecule has 3 atom stereocenters. The Balaban J connectivity index is 1.99. The number of hydrogen-bond donors (Lipinski definition) is 0. The van der Waals surface area contributed by atoms with Crippen LogP contribution in [0.4, 0.5) is 0 Å². The third-order valence-electron chi connectivity index (χ3n) is 3.91. The fourth-order valence-electron chi connectivity index (χ4n) is 3.08. The third-order valence-corrected chi connectivity index (χ3v) is 3.91. The van der Waals surface area contributed by atoms with Crippen molar-refractivity contribution in [1.82, 2.24) is 4.90 Å².